The number of benzene rings is 1. The molecule has 0 radical (unpaired) electrons. The zero-order valence-electron chi connectivity index (χ0n) is 13.3. The SMILES string of the molecule is CCCCNC(=O)CCC(=O)N1CC(C)Sc2ccccc21. The topological polar surface area (TPSA) is 49.4 Å². The second-order valence-corrected chi connectivity index (χ2v) is 7.08. The Labute approximate surface area is 136 Å². The van der Waals surface area contributed by atoms with Crippen molar-refractivity contribution in [1.82, 2.24) is 5.32 Å². The summed E-state index contributed by atoms with van der Waals surface area (Å²) in [5.41, 5.74) is 0.974. The molecule has 120 valence electrons. The first-order chi connectivity index (χ1) is 10.6. The van der Waals surface area contributed by atoms with Crippen LogP contribution in [0.3, 0.4) is 0 Å². The molecule has 22 heavy (non-hydrogen) atoms. The van der Waals surface area contributed by atoms with E-state index in [9.17, 15) is 9.59 Å². The Morgan fingerprint density at radius 2 is 2.09 bits per heavy atom. The Hall–Kier alpha value is -1.49. The fourth-order valence-electron chi connectivity index (χ4n) is 2.47. The van der Waals surface area contributed by atoms with Crippen molar-refractivity contribution in [2.45, 2.75) is 49.7 Å². The summed E-state index contributed by atoms with van der Waals surface area (Å²) in [5, 5.41) is 3.23. The molecule has 0 aromatic heterocycles. The van der Waals surface area contributed by atoms with Gasteiger partial charge in [-0.15, -0.1) is 11.8 Å². The minimum atomic E-state index is -0.0329. The van der Waals surface area contributed by atoms with Gasteiger partial charge in [0, 0.05) is 36.1 Å². The number of nitrogens with zero attached hydrogens (tertiary/aromatic N) is 1. The minimum Gasteiger partial charge on any atom is -0.356 e. The van der Waals surface area contributed by atoms with Crippen LogP contribution in [0.15, 0.2) is 29.2 Å². The van der Waals surface area contributed by atoms with Crippen LogP contribution in [0.4, 0.5) is 5.69 Å². The highest BCUT2D eigenvalue weighted by Gasteiger charge is 2.26. The van der Waals surface area contributed by atoms with Crippen molar-refractivity contribution >= 4 is 29.3 Å². The summed E-state index contributed by atoms with van der Waals surface area (Å²) in [6, 6.07) is 7.97. The highest BCUT2D eigenvalue weighted by Crippen LogP contribution is 2.38. The normalized spacial score (nSPS) is 17.0. The predicted molar refractivity (Wildman–Crippen MR) is 91.3 cm³/mol. The molecule has 1 aromatic rings. The lowest BCUT2D eigenvalue weighted by atomic mass is 10.2. The van der Waals surface area contributed by atoms with Gasteiger partial charge in [0.25, 0.3) is 0 Å². The van der Waals surface area contributed by atoms with E-state index in [0.717, 1.165) is 23.4 Å². The van der Waals surface area contributed by atoms with E-state index in [4.69, 9.17) is 0 Å². The first kappa shape index (κ1) is 16.9. The Balaban J connectivity index is 1.91. The minimum absolute atomic E-state index is 0.0326. The summed E-state index contributed by atoms with van der Waals surface area (Å²) in [4.78, 5) is 27.2. The van der Waals surface area contributed by atoms with Crippen LogP contribution in [-0.4, -0.2) is 30.2 Å². The fourth-order valence-corrected chi connectivity index (χ4v) is 3.59. The molecule has 0 saturated heterocycles. The molecule has 1 aromatic carbocycles. The summed E-state index contributed by atoms with van der Waals surface area (Å²) in [5.74, 6) is -0.000223. The number of amides is 2. The number of nitrogens with one attached hydrogen (secondary N) is 1. The van der Waals surface area contributed by atoms with Gasteiger partial charge in [0.1, 0.15) is 0 Å². The quantitative estimate of drug-likeness (QED) is 0.819. The lowest BCUT2D eigenvalue weighted by Gasteiger charge is -2.32. The number of para-hydroxylation sites is 1. The van der Waals surface area contributed by atoms with E-state index in [1.807, 2.05) is 29.2 Å². The maximum absolute atomic E-state index is 12.5. The monoisotopic (exact) mass is 320 g/mol. The van der Waals surface area contributed by atoms with E-state index < -0.39 is 0 Å². The summed E-state index contributed by atoms with van der Waals surface area (Å²) in [6.07, 6.45) is 2.57. The van der Waals surface area contributed by atoms with Gasteiger partial charge in [-0.2, -0.15) is 0 Å². The van der Waals surface area contributed by atoms with Crippen molar-refractivity contribution in [3.63, 3.8) is 0 Å². The number of carbonyl (C=O) groups excluding carboxylic acids is 2. The molecule has 0 bridgehead atoms. The van der Waals surface area contributed by atoms with Crippen LogP contribution in [0.5, 0.6) is 0 Å². The van der Waals surface area contributed by atoms with Crippen molar-refractivity contribution in [3.05, 3.63) is 24.3 Å². The second kappa shape index (κ2) is 8.22. The Kier molecular flexibility index (Phi) is 6.31. The highest BCUT2D eigenvalue weighted by molar-refractivity contribution is 8.00. The van der Waals surface area contributed by atoms with E-state index in [1.54, 1.807) is 11.8 Å². The molecular weight excluding hydrogens is 296 g/mol. The first-order valence-electron chi connectivity index (χ1n) is 7.94. The number of hydrogen-bond acceptors (Lipinski definition) is 3. The summed E-state index contributed by atoms with van der Waals surface area (Å²) in [6.45, 7) is 5.61. The number of carbonyl (C=O) groups is 2. The van der Waals surface area contributed by atoms with Crippen LogP contribution in [0, 0.1) is 0 Å². The van der Waals surface area contributed by atoms with E-state index in [0.29, 0.717) is 18.3 Å². The van der Waals surface area contributed by atoms with Gasteiger partial charge in [-0.25, -0.2) is 0 Å². The van der Waals surface area contributed by atoms with Gasteiger partial charge in [0.15, 0.2) is 0 Å². The molecule has 4 nitrogen and oxygen atoms in total. The third-order valence-electron chi connectivity index (χ3n) is 3.64. The van der Waals surface area contributed by atoms with Crippen molar-refractivity contribution in [2.75, 3.05) is 18.0 Å². The average Bonchev–Trinajstić information content (AvgIpc) is 2.52. The number of fused-ring (bicyclic) bond motifs is 1. The molecule has 0 fully saturated rings. The number of rotatable bonds is 6. The van der Waals surface area contributed by atoms with Gasteiger partial charge >= 0.3 is 0 Å². The van der Waals surface area contributed by atoms with Crippen LogP contribution >= 0.6 is 11.8 Å². The van der Waals surface area contributed by atoms with Gasteiger partial charge in [0.05, 0.1) is 5.69 Å². The molecule has 2 amide bonds. The zero-order chi connectivity index (χ0) is 15.9. The molecule has 1 N–H and O–H groups in total. The molecule has 1 atom stereocenters. The lowest BCUT2D eigenvalue weighted by molar-refractivity contribution is -0.125. The molecule has 1 aliphatic heterocycles. The Morgan fingerprint density at radius 3 is 2.86 bits per heavy atom. The zero-order valence-corrected chi connectivity index (χ0v) is 14.1. The number of thioether (sulfide) groups is 1. The van der Waals surface area contributed by atoms with Crippen molar-refractivity contribution in [3.8, 4) is 0 Å². The smallest absolute Gasteiger partial charge is 0.227 e. The van der Waals surface area contributed by atoms with Crippen molar-refractivity contribution in [2.24, 2.45) is 0 Å². The van der Waals surface area contributed by atoms with Crippen molar-refractivity contribution < 1.29 is 9.59 Å². The second-order valence-electron chi connectivity index (χ2n) is 5.60. The van der Waals surface area contributed by atoms with E-state index in [2.05, 4.69) is 19.2 Å². The largest absolute Gasteiger partial charge is 0.356 e. The summed E-state index contributed by atoms with van der Waals surface area (Å²) >= 11 is 1.80. The van der Waals surface area contributed by atoms with Crippen molar-refractivity contribution in [1.29, 1.82) is 0 Å². The van der Waals surface area contributed by atoms with Gasteiger partial charge in [0.2, 0.25) is 11.8 Å². The third-order valence-corrected chi connectivity index (χ3v) is 4.79. The summed E-state index contributed by atoms with van der Waals surface area (Å²) in [7, 11) is 0. The maximum atomic E-state index is 12.5. The number of unbranched alkanes of at least 4 members (excludes halogenated alkanes) is 1. The maximum Gasteiger partial charge on any atom is 0.227 e. The third kappa shape index (κ3) is 4.50. The molecule has 5 heteroatoms. The fraction of sp³-hybridized carbons (Fsp3) is 0.529. The van der Waals surface area contributed by atoms with Crippen LogP contribution in [-0.2, 0) is 9.59 Å². The van der Waals surface area contributed by atoms with Gasteiger partial charge in [-0.3, -0.25) is 9.59 Å². The molecule has 0 saturated carbocycles. The molecule has 2 rings (SSSR count). The molecule has 1 heterocycles. The number of anilines is 1. The molecule has 1 unspecified atom stereocenters. The van der Waals surface area contributed by atoms with Gasteiger partial charge in [-0.05, 0) is 18.6 Å². The Morgan fingerprint density at radius 1 is 1.32 bits per heavy atom. The molecule has 1 aliphatic rings. The van der Waals surface area contributed by atoms with E-state index >= 15 is 0 Å². The van der Waals surface area contributed by atoms with Gasteiger partial charge < -0.3 is 10.2 Å². The van der Waals surface area contributed by atoms with E-state index in [1.165, 1.54) is 0 Å². The Bertz CT molecular complexity index is 533. The molecule has 0 aliphatic carbocycles. The predicted octanol–water partition coefficient (Wildman–Crippen LogP) is 3.21. The highest BCUT2D eigenvalue weighted by atomic mass is 32.2. The summed E-state index contributed by atoms with van der Waals surface area (Å²) < 4.78 is 0. The molecular formula is C17H24N2O2S. The van der Waals surface area contributed by atoms with Crippen LogP contribution in [0.25, 0.3) is 0 Å². The standard InChI is InChI=1S/C17H24N2O2S/c1-3-4-11-18-16(20)9-10-17(21)19-12-13(2)22-15-8-6-5-7-14(15)19/h5-8,13H,3-4,9-12H2,1-2H3,(H,18,20). The van der Waals surface area contributed by atoms with Gasteiger partial charge in [-0.1, -0.05) is 32.4 Å². The molecule has 0 spiro atoms. The number of hydrogen-bond donors (Lipinski definition) is 1. The van der Waals surface area contributed by atoms with E-state index in [-0.39, 0.29) is 24.7 Å². The van der Waals surface area contributed by atoms with Crippen LogP contribution in [0.2, 0.25) is 0 Å². The first-order valence-corrected chi connectivity index (χ1v) is 8.82. The van der Waals surface area contributed by atoms with Crippen LogP contribution < -0.4 is 10.2 Å². The average molecular weight is 320 g/mol. The van der Waals surface area contributed by atoms with Crippen LogP contribution in [0.1, 0.15) is 39.5 Å². The lowest BCUT2D eigenvalue weighted by Crippen LogP contribution is -2.39.